The fourth-order valence-electron chi connectivity index (χ4n) is 2.41. The van der Waals surface area contributed by atoms with E-state index in [1.165, 1.54) is 5.56 Å². The van der Waals surface area contributed by atoms with Crippen molar-refractivity contribution in [2.45, 2.75) is 31.3 Å². The number of fused-ring (bicyclic) bond motifs is 1. The average molecular weight is 387 g/mol. The van der Waals surface area contributed by atoms with Crippen LogP contribution in [-0.2, 0) is 14.3 Å². The van der Waals surface area contributed by atoms with E-state index in [-0.39, 0.29) is 13.2 Å². The number of amides is 1. The van der Waals surface area contributed by atoms with Crippen LogP contribution in [0.4, 0.5) is 5.69 Å². The summed E-state index contributed by atoms with van der Waals surface area (Å²) in [6, 6.07) is 13.2. The van der Waals surface area contributed by atoms with Crippen LogP contribution in [0.1, 0.15) is 18.9 Å². The van der Waals surface area contributed by atoms with Gasteiger partial charge in [0.15, 0.2) is 17.6 Å². The molecule has 1 aliphatic heterocycles. The van der Waals surface area contributed by atoms with Gasteiger partial charge in [0.2, 0.25) is 6.79 Å². The molecule has 3 rings (SSSR count). The first kappa shape index (κ1) is 19.1. The number of esters is 1. The van der Waals surface area contributed by atoms with Crippen molar-refractivity contribution in [2.24, 2.45) is 0 Å². The molecule has 7 heteroatoms. The van der Waals surface area contributed by atoms with Crippen molar-refractivity contribution >= 4 is 29.3 Å². The summed E-state index contributed by atoms with van der Waals surface area (Å²) in [4.78, 5) is 25.3. The number of benzene rings is 2. The smallest absolute Gasteiger partial charge is 0.307 e. The van der Waals surface area contributed by atoms with Crippen molar-refractivity contribution in [2.75, 3.05) is 17.9 Å². The number of rotatable bonds is 7. The molecule has 0 aliphatic carbocycles. The van der Waals surface area contributed by atoms with Crippen LogP contribution in [-0.4, -0.2) is 30.5 Å². The largest absolute Gasteiger partial charge is 0.454 e. The van der Waals surface area contributed by atoms with E-state index in [4.69, 9.17) is 14.2 Å². The third kappa shape index (κ3) is 5.40. The zero-order valence-electron chi connectivity index (χ0n) is 15.2. The van der Waals surface area contributed by atoms with Gasteiger partial charge in [0.1, 0.15) is 0 Å². The van der Waals surface area contributed by atoms with E-state index in [9.17, 15) is 9.59 Å². The highest BCUT2D eigenvalue weighted by Crippen LogP contribution is 2.34. The number of hydrogen-bond donors (Lipinski definition) is 1. The lowest BCUT2D eigenvalue weighted by molar-refractivity contribution is -0.152. The van der Waals surface area contributed by atoms with Crippen molar-refractivity contribution in [3.8, 4) is 11.5 Å². The number of nitrogens with one attached hydrogen (secondary N) is 1. The Balaban J connectivity index is 1.42. The number of thioether (sulfide) groups is 1. The van der Waals surface area contributed by atoms with Gasteiger partial charge in [0.05, 0.1) is 6.42 Å². The Labute approximate surface area is 162 Å². The maximum atomic E-state index is 12.2. The Hall–Kier alpha value is -2.67. The predicted molar refractivity (Wildman–Crippen MR) is 103 cm³/mol. The van der Waals surface area contributed by atoms with Gasteiger partial charge in [-0.15, -0.1) is 11.8 Å². The Morgan fingerprint density at radius 3 is 2.67 bits per heavy atom. The van der Waals surface area contributed by atoms with Crippen molar-refractivity contribution < 1.29 is 23.8 Å². The molecule has 1 N–H and O–H groups in total. The highest BCUT2D eigenvalue weighted by atomic mass is 32.2. The molecule has 1 amide bonds. The monoisotopic (exact) mass is 387 g/mol. The third-order valence-corrected chi connectivity index (χ3v) is 4.93. The number of hydrogen-bond acceptors (Lipinski definition) is 6. The molecule has 2 aromatic carbocycles. The van der Waals surface area contributed by atoms with Gasteiger partial charge in [-0.1, -0.05) is 17.7 Å². The van der Waals surface area contributed by atoms with Gasteiger partial charge in [0.25, 0.3) is 5.91 Å². The van der Waals surface area contributed by atoms with Crippen LogP contribution in [0.2, 0.25) is 0 Å². The maximum absolute atomic E-state index is 12.2. The summed E-state index contributed by atoms with van der Waals surface area (Å²) < 4.78 is 15.7. The molecular weight excluding hydrogens is 366 g/mol. The fourth-order valence-corrected chi connectivity index (χ4v) is 3.25. The van der Waals surface area contributed by atoms with E-state index < -0.39 is 18.0 Å². The Bertz CT molecular complexity index is 822. The summed E-state index contributed by atoms with van der Waals surface area (Å²) in [6.07, 6.45) is -0.646. The maximum Gasteiger partial charge on any atom is 0.307 e. The molecule has 0 bridgehead atoms. The summed E-state index contributed by atoms with van der Waals surface area (Å²) in [5, 5.41) is 2.71. The average Bonchev–Trinajstić information content (AvgIpc) is 3.11. The first-order valence-electron chi connectivity index (χ1n) is 8.61. The molecule has 0 spiro atoms. The number of ether oxygens (including phenoxy) is 3. The summed E-state index contributed by atoms with van der Waals surface area (Å²) in [7, 11) is 0. The van der Waals surface area contributed by atoms with E-state index >= 15 is 0 Å². The molecule has 0 saturated heterocycles. The zero-order chi connectivity index (χ0) is 19.2. The van der Waals surface area contributed by atoms with Crippen molar-refractivity contribution in [3.63, 3.8) is 0 Å². The minimum Gasteiger partial charge on any atom is -0.454 e. The number of carbonyl (C=O) groups is 2. The highest BCUT2D eigenvalue weighted by Gasteiger charge is 2.19. The Kier molecular flexibility index (Phi) is 6.24. The zero-order valence-corrected chi connectivity index (χ0v) is 16.0. The van der Waals surface area contributed by atoms with Crippen molar-refractivity contribution in [1.29, 1.82) is 0 Å². The molecule has 2 aromatic rings. The normalized spacial score (nSPS) is 13.1. The van der Waals surface area contributed by atoms with Crippen LogP contribution < -0.4 is 14.8 Å². The lowest BCUT2D eigenvalue weighted by atomic mass is 10.2. The van der Waals surface area contributed by atoms with Gasteiger partial charge in [0, 0.05) is 22.4 Å². The van der Waals surface area contributed by atoms with E-state index in [2.05, 4.69) is 5.32 Å². The van der Waals surface area contributed by atoms with Crippen LogP contribution in [0.5, 0.6) is 11.5 Å². The molecule has 0 aromatic heterocycles. The second-order valence-electron chi connectivity index (χ2n) is 6.10. The first-order valence-corrected chi connectivity index (χ1v) is 9.59. The van der Waals surface area contributed by atoms with Crippen LogP contribution in [0.25, 0.3) is 0 Å². The fraction of sp³-hybridized carbons (Fsp3) is 0.300. The Morgan fingerprint density at radius 1 is 1.15 bits per heavy atom. The molecular formula is C20H21NO5S. The van der Waals surface area contributed by atoms with Crippen LogP contribution in [0.15, 0.2) is 47.4 Å². The number of anilines is 1. The van der Waals surface area contributed by atoms with E-state index in [0.717, 1.165) is 4.90 Å². The molecule has 1 aliphatic rings. The third-order valence-electron chi connectivity index (χ3n) is 3.91. The molecule has 0 fully saturated rings. The van der Waals surface area contributed by atoms with Gasteiger partial charge < -0.3 is 19.5 Å². The molecule has 1 heterocycles. The van der Waals surface area contributed by atoms with Crippen molar-refractivity contribution in [1.82, 2.24) is 0 Å². The predicted octanol–water partition coefficient (Wildman–Crippen LogP) is 3.78. The van der Waals surface area contributed by atoms with Gasteiger partial charge >= 0.3 is 5.97 Å². The van der Waals surface area contributed by atoms with Gasteiger partial charge in [-0.2, -0.15) is 0 Å². The molecule has 27 heavy (non-hydrogen) atoms. The molecule has 0 radical (unpaired) electrons. The van der Waals surface area contributed by atoms with Crippen molar-refractivity contribution in [3.05, 3.63) is 48.0 Å². The molecule has 1 atom stereocenters. The van der Waals surface area contributed by atoms with Crippen LogP contribution >= 0.6 is 11.8 Å². The summed E-state index contributed by atoms with van der Waals surface area (Å²) in [5.41, 5.74) is 1.75. The number of carbonyl (C=O) groups excluding carboxylic acids is 2. The minimum atomic E-state index is -0.882. The minimum absolute atomic E-state index is 0.168. The standard InChI is InChI=1S/C20H21NO5S/c1-13-3-6-16(7-4-13)27-10-9-19(22)26-14(2)20(23)21-15-5-8-17-18(11-15)25-12-24-17/h3-8,11,14H,9-10,12H2,1-2H3,(H,21,23)/t14-/m1/s1. The molecule has 142 valence electrons. The molecule has 6 nitrogen and oxygen atoms in total. The summed E-state index contributed by atoms with van der Waals surface area (Å²) in [6.45, 7) is 3.75. The first-order chi connectivity index (χ1) is 13.0. The van der Waals surface area contributed by atoms with Crippen LogP contribution in [0.3, 0.4) is 0 Å². The van der Waals surface area contributed by atoms with E-state index in [0.29, 0.717) is 22.9 Å². The summed E-state index contributed by atoms with van der Waals surface area (Å²) >= 11 is 1.58. The molecule has 0 unspecified atom stereocenters. The Morgan fingerprint density at radius 2 is 1.89 bits per heavy atom. The SMILES string of the molecule is Cc1ccc(SCCC(=O)O[C@H](C)C(=O)Nc2ccc3c(c2)OCO3)cc1. The van der Waals surface area contributed by atoms with Crippen LogP contribution in [0, 0.1) is 6.92 Å². The number of aryl methyl sites for hydroxylation is 1. The highest BCUT2D eigenvalue weighted by molar-refractivity contribution is 7.99. The van der Waals surface area contributed by atoms with Gasteiger partial charge in [-0.25, -0.2) is 0 Å². The van der Waals surface area contributed by atoms with Gasteiger partial charge in [-0.3, -0.25) is 9.59 Å². The lowest BCUT2D eigenvalue weighted by Crippen LogP contribution is -2.30. The van der Waals surface area contributed by atoms with E-state index in [1.54, 1.807) is 36.9 Å². The lowest BCUT2D eigenvalue weighted by Gasteiger charge is -2.13. The van der Waals surface area contributed by atoms with Gasteiger partial charge in [-0.05, 0) is 38.1 Å². The second-order valence-corrected chi connectivity index (χ2v) is 7.27. The quantitative estimate of drug-likeness (QED) is 0.576. The second kappa shape index (κ2) is 8.81. The summed E-state index contributed by atoms with van der Waals surface area (Å²) in [5.74, 6) is 1.01. The van der Waals surface area contributed by atoms with E-state index in [1.807, 2.05) is 31.2 Å². The topological polar surface area (TPSA) is 73.9 Å². The molecule has 0 saturated carbocycles.